The molecule has 0 atom stereocenters. The van der Waals surface area contributed by atoms with Gasteiger partial charge in [0.05, 0.1) is 11.0 Å². The van der Waals surface area contributed by atoms with E-state index in [0.29, 0.717) is 34.7 Å². The number of carbonyl (C=O) groups is 1. The molecule has 214 valence electrons. The van der Waals surface area contributed by atoms with Crippen molar-refractivity contribution in [2.45, 2.75) is 36.7 Å². The average molecular weight is 592 g/mol. The van der Waals surface area contributed by atoms with Gasteiger partial charge in [-0.25, -0.2) is 14.8 Å². The maximum Gasteiger partial charge on any atom is 0.326 e. The summed E-state index contributed by atoms with van der Waals surface area (Å²) >= 11 is 7.89. The van der Waals surface area contributed by atoms with E-state index in [9.17, 15) is 9.59 Å². The molecule has 0 radical (unpaired) electrons. The number of piperidine rings is 1. The van der Waals surface area contributed by atoms with Crippen molar-refractivity contribution < 1.29 is 4.79 Å². The molecule has 41 heavy (non-hydrogen) atoms. The number of halogens is 1. The zero-order valence-electron chi connectivity index (χ0n) is 23.1. The number of H-pyrrole nitrogens is 1. The Bertz CT molecular complexity index is 1570. The van der Waals surface area contributed by atoms with Gasteiger partial charge in [-0.3, -0.25) is 9.36 Å². The maximum absolute atomic E-state index is 13.2. The zero-order chi connectivity index (χ0) is 28.3. The van der Waals surface area contributed by atoms with Gasteiger partial charge in [0, 0.05) is 62.7 Å². The van der Waals surface area contributed by atoms with Gasteiger partial charge in [-0.05, 0) is 49.2 Å². The summed E-state index contributed by atoms with van der Waals surface area (Å²) < 4.78 is 1.85. The minimum atomic E-state index is -0.0846. The Hall–Kier alpha value is -3.34. The van der Waals surface area contributed by atoms with E-state index in [1.54, 1.807) is 11.8 Å². The van der Waals surface area contributed by atoms with Gasteiger partial charge in [0.2, 0.25) is 0 Å². The molecule has 2 aliphatic heterocycles. The fraction of sp³-hybridized carbons (Fsp3) is 0.400. The Morgan fingerprint density at radius 2 is 1.73 bits per heavy atom. The van der Waals surface area contributed by atoms with E-state index in [1.165, 1.54) is 0 Å². The van der Waals surface area contributed by atoms with E-state index in [-0.39, 0.29) is 17.6 Å². The highest BCUT2D eigenvalue weighted by molar-refractivity contribution is 7.98. The molecule has 0 bridgehead atoms. The number of likely N-dealkylation sites (tertiary alicyclic amines) is 1. The fourth-order valence-corrected chi connectivity index (χ4v) is 6.78. The Kier molecular flexibility index (Phi) is 8.32. The normalized spacial score (nSPS) is 16.9. The largest absolute Gasteiger partial charge is 0.354 e. The molecule has 2 aliphatic rings. The number of benzene rings is 2. The smallest absolute Gasteiger partial charge is 0.326 e. The number of imidazole rings is 1. The summed E-state index contributed by atoms with van der Waals surface area (Å²) in [6.45, 7) is 8.40. The van der Waals surface area contributed by atoms with Gasteiger partial charge in [0.25, 0.3) is 5.91 Å². The lowest BCUT2D eigenvalue weighted by Gasteiger charge is -2.34. The third-order valence-corrected chi connectivity index (χ3v) is 9.23. The van der Waals surface area contributed by atoms with Crippen LogP contribution in [0.5, 0.6) is 0 Å². The summed E-state index contributed by atoms with van der Waals surface area (Å²) in [7, 11) is 0. The molecule has 4 heterocycles. The number of thioether (sulfide) groups is 1. The van der Waals surface area contributed by atoms with Crippen LogP contribution in [0.3, 0.4) is 0 Å². The predicted octanol–water partition coefficient (Wildman–Crippen LogP) is 4.68. The molecule has 2 aromatic heterocycles. The van der Waals surface area contributed by atoms with Crippen LogP contribution in [0.4, 0.5) is 5.82 Å². The Balaban J connectivity index is 1.04. The van der Waals surface area contributed by atoms with Crippen LogP contribution in [-0.4, -0.2) is 81.0 Å². The summed E-state index contributed by atoms with van der Waals surface area (Å²) in [6.07, 6.45) is 1.50. The third-order valence-electron chi connectivity index (χ3n) is 8.11. The lowest BCUT2D eigenvalue weighted by molar-refractivity contribution is 0.0695. The fourth-order valence-electron chi connectivity index (χ4n) is 5.74. The number of aromatic nitrogens is 4. The lowest BCUT2D eigenvalue weighted by Crippen LogP contribution is -2.46. The molecule has 6 rings (SSSR count). The standard InChI is InChI=1S/C30H34ClN7O2S/c1-2-35-15-17-36(18-16-35)27-19-26(31)33-29(34-27)41-20-21-7-9-22(10-8-21)28(39)37-13-11-23(12-14-37)38-25-6-4-3-5-24(25)32-30(38)40/h3-10,19,23H,2,11-18,20H2,1H3,(H,32,40). The number of hydrogen-bond acceptors (Lipinski definition) is 7. The number of aromatic amines is 1. The van der Waals surface area contributed by atoms with E-state index < -0.39 is 0 Å². The number of hydrogen-bond donors (Lipinski definition) is 1. The van der Waals surface area contributed by atoms with Crippen molar-refractivity contribution in [2.24, 2.45) is 0 Å². The van der Waals surface area contributed by atoms with Crippen LogP contribution in [0.1, 0.15) is 41.7 Å². The van der Waals surface area contributed by atoms with Gasteiger partial charge in [0.15, 0.2) is 5.16 Å². The second-order valence-corrected chi connectivity index (χ2v) is 11.9. The van der Waals surface area contributed by atoms with Gasteiger partial charge >= 0.3 is 5.69 Å². The third kappa shape index (κ3) is 6.14. The topological polar surface area (TPSA) is 90.4 Å². The van der Waals surface area contributed by atoms with Crippen molar-refractivity contribution in [3.8, 4) is 0 Å². The summed E-state index contributed by atoms with van der Waals surface area (Å²) in [6, 6.07) is 17.5. The summed E-state index contributed by atoms with van der Waals surface area (Å²) in [5.74, 6) is 1.59. The van der Waals surface area contributed by atoms with Crippen molar-refractivity contribution in [3.05, 3.63) is 81.4 Å². The van der Waals surface area contributed by atoms with E-state index in [0.717, 1.165) is 68.0 Å². The zero-order valence-corrected chi connectivity index (χ0v) is 24.7. The molecule has 0 aliphatic carbocycles. The van der Waals surface area contributed by atoms with Crippen LogP contribution < -0.4 is 10.6 Å². The molecule has 2 saturated heterocycles. The summed E-state index contributed by atoms with van der Waals surface area (Å²) in [5, 5.41) is 1.11. The highest BCUT2D eigenvalue weighted by Crippen LogP contribution is 2.27. The number of fused-ring (bicyclic) bond motifs is 1. The monoisotopic (exact) mass is 591 g/mol. The number of anilines is 1. The summed E-state index contributed by atoms with van der Waals surface area (Å²) in [4.78, 5) is 44.5. The molecule has 2 aromatic carbocycles. The lowest BCUT2D eigenvalue weighted by atomic mass is 10.0. The van der Waals surface area contributed by atoms with Gasteiger partial charge < -0.3 is 19.7 Å². The Morgan fingerprint density at radius 3 is 2.46 bits per heavy atom. The van der Waals surface area contributed by atoms with Crippen molar-refractivity contribution in [1.82, 2.24) is 29.3 Å². The van der Waals surface area contributed by atoms with E-state index >= 15 is 0 Å². The molecule has 0 unspecified atom stereocenters. The minimum absolute atomic E-state index is 0.0277. The number of rotatable bonds is 7. The maximum atomic E-state index is 13.2. The first-order valence-corrected chi connectivity index (χ1v) is 15.6. The van der Waals surface area contributed by atoms with Crippen LogP contribution in [0, 0.1) is 0 Å². The predicted molar refractivity (Wildman–Crippen MR) is 164 cm³/mol. The van der Waals surface area contributed by atoms with Crippen LogP contribution in [0.25, 0.3) is 11.0 Å². The van der Waals surface area contributed by atoms with Crippen molar-refractivity contribution >= 4 is 46.1 Å². The number of nitrogens with zero attached hydrogens (tertiary/aromatic N) is 6. The van der Waals surface area contributed by atoms with Gasteiger partial charge in [-0.1, -0.05) is 54.6 Å². The first kappa shape index (κ1) is 27.8. The van der Waals surface area contributed by atoms with Gasteiger partial charge in [-0.15, -0.1) is 0 Å². The van der Waals surface area contributed by atoms with Crippen LogP contribution >= 0.6 is 23.4 Å². The number of amides is 1. The minimum Gasteiger partial charge on any atom is -0.354 e. The molecule has 1 N–H and O–H groups in total. The Morgan fingerprint density at radius 1 is 1.00 bits per heavy atom. The van der Waals surface area contributed by atoms with Crippen LogP contribution in [-0.2, 0) is 5.75 Å². The molecular formula is C30H34ClN7O2S. The van der Waals surface area contributed by atoms with Crippen LogP contribution in [0.15, 0.2) is 64.5 Å². The first-order chi connectivity index (χ1) is 20.0. The average Bonchev–Trinajstić information content (AvgIpc) is 3.35. The molecule has 11 heteroatoms. The van der Waals surface area contributed by atoms with Crippen molar-refractivity contribution in [2.75, 3.05) is 50.7 Å². The number of piperazine rings is 1. The quantitative estimate of drug-likeness (QED) is 0.189. The number of carbonyl (C=O) groups excluding carboxylic acids is 1. The second kappa shape index (κ2) is 12.3. The molecular weight excluding hydrogens is 558 g/mol. The highest BCUT2D eigenvalue weighted by atomic mass is 35.5. The molecule has 0 spiro atoms. The molecule has 2 fully saturated rings. The summed E-state index contributed by atoms with van der Waals surface area (Å²) in [5.41, 5.74) is 3.45. The van der Waals surface area contributed by atoms with Gasteiger partial charge in [0.1, 0.15) is 11.0 Å². The number of para-hydroxylation sites is 2. The van der Waals surface area contributed by atoms with Gasteiger partial charge in [-0.2, -0.15) is 0 Å². The van der Waals surface area contributed by atoms with E-state index in [1.807, 2.05) is 64.1 Å². The number of likely N-dealkylation sites (N-methyl/N-ethyl adjacent to an activating group) is 1. The number of nitrogens with one attached hydrogen (secondary N) is 1. The SMILES string of the molecule is CCN1CCN(c2cc(Cl)nc(SCc3ccc(C(=O)N4CCC(n5c(=O)[nH]c6ccccc65)CC4)cc3)n2)CC1. The Labute approximate surface area is 248 Å². The first-order valence-electron chi connectivity index (χ1n) is 14.2. The highest BCUT2D eigenvalue weighted by Gasteiger charge is 2.26. The molecule has 0 saturated carbocycles. The van der Waals surface area contributed by atoms with Crippen molar-refractivity contribution in [1.29, 1.82) is 0 Å². The van der Waals surface area contributed by atoms with Crippen LogP contribution in [0.2, 0.25) is 5.15 Å². The van der Waals surface area contributed by atoms with E-state index in [4.69, 9.17) is 16.6 Å². The molecule has 1 amide bonds. The van der Waals surface area contributed by atoms with Crippen molar-refractivity contribution in [3.63, 3.8) is 0 Å². The van der Waals surface area contributed by atoms with E-state index in [2.05, 4.69) is 26.7 Å². The molecule has 9 nitrogen and oxygen atoms in total. The second-order valence-electron chi connectivity index (χ2n) is 10.6. The molecule has 4 aromatic rings.